The highest BCUT2D eigenvalue weighted by Crippen LogP contribution is 2.02. The minimum absolute atomic E-state index is 0.381. The van der Waals surface area contributed by atoms with E-state index in [9.17, 15) is 14.4 Å². The SMILES string of the molecule is O=[C]CN(C(=O)O)C(=O)/C=C/c1ccccc1. The first kappa shape index (κ1) is 12.6. The zero-order valence-corrected chi connectivity index (χ0v) is 8.87. The molecule has 0 aromatic heterocycles. The monoisotopic (exact) mass is 232 g/mol. The van der Waals surface area contributed by atoms with Gasteiger partial charge < -0.3 is 5.11 Å². The zero-order chi connectivity index (χ0) is 12.7. The number of nitrogens with zero attached hydrogens (tertiary/aromatic N) is 1. The number of amides is 2. The van der Waals surface area contributed by atoms with E-state index in [-0.39, 0.29) is 0 Å². The van der Waals surface area contributed by atoms with Crippen molar-refractivity contribution >= 4 is 24.4 Å². The molecule has 0 aliphatic heterocycles. The van der Waals surface area contributed by atoms with E-state index in [1.165, 1.54) is 12.4 Å². The van der Waals surface area contributed by atoms with E-state index >= 15 is 0 Å². The fraction of sp³-hybridized carbons (Fsp3) is 0.0833. The minimum atomic E-state index is -1.48. The molecule has 87 valence electrons. The Hall–Kier alpha value is -2.43. The summed E-state index contributed by atoms with van der Waals surface area (Å²) in [4.78, 5) is 32.5. The van der Waals surface area contributed by atoms with Crippen LogP contribution in [0, 0.1) is 0 Å². The van der Waals surface area contributed by atoms with Gasteiger partial charge in [-0.05, 0) is 11.6 Å². The lowest BCUT2D eigenvalue weighted by Crippen LogP contribution is -2.35. The van der Waals surface area contributed by atoms with Gasteiger partial charge in [0.05, 0.1) is 6.54 Å². The molecule has 5 nitrogen and oxygen atoms in total. The van der Waals surface area contributed by atoms with Gasteiger partial charge in [-0.3, -0.25) is 9.59 Å². The number of carbonyl (C=O) groups excluding carboxylic acids is 2. The first-order valence-electron chi connectivity index (χ1n) is 4.77. The molecule has 0 aliphatic rings. The number of imide groups is 1. The second kappa shape index (κ2) is 6.22. The molecule has 0 aliphatic carbocycles. The Balaban J connectivity index is 2.73. The van der Waals surface area contributed by atoms with E-state index in [1.54, 1.807) is 24.3 Å². The predicted octanol–water partition coefficient (Wildman–Crippen LogP) is 1.32. The van der Waals surface area contributed by atoms with E-state index in [4.69, 9.17) is 5.11 Å². The maximum atomic E-state index is 11.4. The molecule has 0 saturated carbocycles. The third kappa shape index (κ3) is 3.90. The van der Waals surface area contributed by atoms with E-state index in [0.29, 0.717) is 4.90 Å². The van der Waals surface area contributed by atoms with Crippen LogP contribution in [-0.4, -0.2) is 34.8 Å². The van der Waals surface area contributed by atoms with Gasteiger partial charge in [-0.2, -0.15) is 0 Å². The van der Waals surface area contributed by atoms with Crippen molar-refractivity contribution < 1.29 is 19.5 Å². The summed E-state index contributed by atoms with van der Waals surface area (Å²) in [5.74, 6) is -0.773. The summed E-state index contributed by atoms with van der Waals surface area (Å²) in [5.41, 5.74) is 0.765. The number of carbonyl (C=O) groups is 2. The highest BCUT2D eigenvalue weighted by Gasteiger charge is 2.17. The molecule has 1 N–H and O–H groups in total. The van der Waals surface area contributed by atoms with Crippen molar-refractivity contribution in [3.8, 4) is 0 Å². The molecule has 0 fully saturated rings. The van der Waals surface area contributed by atoms with Crippen molar-refractivity contribution in [2.75, 3.05) is 6.54 Å². The summed E-state index contributed by atoms with van der Waals surface area (Å²) < 4.78 is 0. The molecule has 17 heavy (non-hydrogen) atoms. The average molecular weight is 232 g/mol. The van der Waals surface area contributed by atoms with Gasteiger partial charge in [-0.1, -0.05) is 30.3 Å². The lowest BCUT2D eigenvalue weighted by Gasteiger charge is -2.10. The molecule has 0 bridgehead atoms. The van der Waals surface area contributed by atoms with Gasteiger partial charge in [-0.15, -0.1) is 0 Å². The number of benzene rings is 1. The van der Waals surface area contributed by atoms with Crippen LogP contribution in [0.5, 0.6) is 0 Å². The quantitative estimate of drug-likeness (QED) is 0.794. The topological polar surface area (TPSA) is 74.7 Å². The summed E-state index contributed by atoms with van der Waals surface area (Å²) in [6.07, 6.45) is 2.47. The van der Waals surface area contributed by atoms with Crippen molar-refractivity contribution in [3.05, 3.63) is 42.0 Å². The summed E-state index contributed by atoms with van der Waals surface area (Å²) in [6.45, 7) is -0.590. The minimum Gasteiger partial charge on any atom is -0.465 e. The smallest absolute Gasteiger partial charge is 0.414 e. The second-order valence-corrected chi connectivity index (χ2v) is 3.10. The molecular weight excluding hydrogens is 222 g/mol. The molecule has 1 radical (unpaired) electrons. The largest absolute Gasteiger partial charge is 0.465 e. The predicted molar refractivity (Wildman–Crippen MR) is 60.9 cm³/mol. The maximum Gasteiger partial charge on any atom is 0.414 e. The van der Waals surface area contributed by atoms with Gasteiger partial charge >= 0.3 is 6.09 Å². The van der Waals surface area contributed by atoms with Gasteiger partial charge in [0.1, 0.15) is 0 Å². The Morgan fingerprint density at radius 3 is 2.47 bits per heavy atom. The molecule has 5 heteroatoms. The third-order valence-corrected chi connectivity index (χ3v) is 1.94. The van der Waals surface area contributed by atoms with Crippen LogP contribution in [0.15, 0.2) is 36.4 Å². The normalized spacial score (nSPS) is 10.1. The first-order valence-corrected chi connectivity index (χ1v) is 4.77. The van der Waals surface area contributed by atoms with Gasteiger partial charge in [-0.25, -0.2) is 9.69 Å². The van der Waals surface area contributed by atoms with Crippen molar-refractivity contribution in [1.29, 1.82) is 0 Å². The van der Waals surface area contributed by atoms with Crippen molar-refractivity contribution in [3.63, 3.8) is 0 Å². The molecule has 0 unspecified atom stereocenters. The Labute approximate surface area is 98.0 Å². The Kier molecular flexibility index (Phi) is 4.62. The maximum absolute atomic E-state index is 11.4. The summed E-state index contributed by atoms with van der Waals surface area (Å²) >= 11 is 0. The highest BCUT2D eigenvalue weighted by molar-refractivity contribution is 6.01. The van der Waals surface area contributed by atoms with Gasteiger partial charge in [0, 0.05) is 6.08 Å². The first-order chi connectivity index (χ1) is 8.15. The summed E-state index contributed by atoms with van der Waals surface area (Å²) in [5, 5.41) is 8.66. The number of rotatable bonds is 4. The molecule has 0 atom stereocenters. The molecule has 0 saturated heterocycles. The molecule has 1 aromatic carbocycles. The van der Waals surface area contributed by atoms with Gasteiger partial charge in [0.2, 0.25) is 6.29 Å². The second-order valence-electron chi connectivity index (χ2n) is 3.10. The molecule has 1 aromatic rings. The van der Waals surface area contributed by atoms with Crippen LogP contribution in [0.25, 0.3) is 6.08 Å². The van der Waals surface area contributed by atoms with E-state index in [1.807, 2.05) is 6.07 Å². The lowest BCUT2D eigenvalue weighted by molar-refractivity contribution is -0.123. The third-order valence-electron chi connectivity index (χ3n) is 1.94. The summed E-state index contributed by atoms with van der Waals surface area (Å²) in [6, 6.07) is 8.93. The molecule has 1 rings (SSSR count). The van der Waals surface area contributed by atoms with E-state index < -0.39 is 18.5 Å². The van der Waals surface area contributed by atoms with Crippen molar-refractivity contribution in [2.45, 2.75) is 0 Å². The Bertz CT molecular complexity index is 439. The fourth-order valence-electron chi connectivity index (χ4n) is 1.13. The van der Waals surface area contributed by atoms with Crippen LogP contribution in [0.2, 0.25) is 0 Å². The molecule has 2 amide bonds. The van der Waals surface area contributed by atoms with Gasteiger partial charge in [0.25, 0.3) is 5.91 Å². The van der Waals surface area contributed by atoms with Crippen LogP contribution in [0.1, 0.15) is 5.56 Å². The van der Waals surface area contributed by atoms with Crippen LogP contribution in [0.4, 0.5) is 4.79 Å². The number of hydrogen-bond acceptors (Lipinski definition) is 3. The van der Waals surface area contributed by atoms with Gasteiger partial charge in [0.15, 0.2) is 0 Å². The van der Waals surface area contributed by atoms with Crippen LogP contribution in [0.3, 0.4) is 0 Å². The van der Waals surface area contributed by atoms with Crippen molar-refractivity contribution in [2.24, 2.45) is 0 Å². The lowest BCUT2D eigenvalue weighted by atomic mass is 10.2. The highest BCUT2D eigenvalue weighted by atomic mass is 16.4. The van der Waals surface area contributed by atoms with E-state index in [2.05, 4.69) is 0 Å². The molecule has 0 heterocycles. The fourth-order valence-corrected chi connectivity index (χ4v) is 1.13. The number of carboxylic acid groups (broad SMARTS) is 1. The van der Waals surface area contributed by atoms with Crippen LogP contribution in [-0.2, 0) is 9.59 Å². The van der Waals surface area contributed by atoms with Crippen molar-refractivity contribution in [1.82, 2.24) is 4.90 Å². The van der Waals surface area contributed by atoms with Crippen LogP contribution < -0.4 is 0 Å². The molecular formula is C12H10NO4. The molecule has 0 spiro atoms. The Morgan fingerprint density at radius 1 is 1.29 bits per heavy atom. The summed E-state index contributed by atoms with van der Waals surface area (Å²) in [7, 11) is 0. The number of hydrogen-bond donors (Lipinski definition) is 1. The van der Waals surface area contributed by atoms with Crippen LogP contribution >= 0.6 is 0 Å². The Morgan fingerprint density at radius 2 is 1.94 bits per heavy atom. The zero-order valence-electron chi connectivity index (χ0n) is 8.87. The average Bonchev–Trinajstić information content (AvgIpc) is 2.34. The van der Waals surface area contributed by atoms with E-state index in [0.717, 1.165) is 11.6 Å². The standard InChI is InChI=1S/C12H10NO4/c14-9-8-13(12(16)17)11(15)7-6-10-4-2-1-3-5-10/h1-7H,8H2,(H,16,17)/b7-6+.